The van der Waals surface area contributed by atoms with Crippen LogP contribution in [-0.4, -0.2) is 43.6 Å². The molecule has 0 bridgehead atoms. The molecule has 0 radical (unpaired) electrons. The fourth-order valence-corrected chi connectivity index (χ4v) is 3.23. The van der Waals surface area contributed by atoms with Crippen LogP contribution in [0.4, 0.5) is 5.69 Å². The third kappa shape index (κ3) is 4.10. The molecule has 136 valence electrons. The molecule has 0 amide bonds. The van der Waals surface area contributed by atoms with Gasteiger partial charge in [0.1, 0.15) is 11.8 Å². The van der Waals surface area contributed by atoms with Gasteiger partial charge < -0.3 is 23.9 Å². The largest absolute Gasteiger partial charge is 0.493 e. The van der Waals surface area contributed by atoms with E-state index in [1.165, 1.54) is 6.92 Å². The van der Waals surface area contributed by atoms with Crippen LogP contribution in [0.3, 0.4) is 0 Å². The first kappa shape index (κ1) is 19.2. The van der Waals surface area contributed by atoms with Crippen molar-refractivity contribution in [2.75, 3.05) is 25.7 Å². The molecular weight excluding hydrogens is 342 g/mol. The average molecular weight is 365 g/mol. The molecule has 1 aromatic rings. The van der Waals surface area contributed by atoms with Crippen molar-refractivity contribution in [3.05, 3.63) is 17.7 Å². The zero-order valence-electron chi connectivity index (χ0n) is 15.0. The number of thiocarbonyl (C=S) groups is 1. The van der Waals surface area contributed by atoms with Crippen LogP contribution in [0, 0.1) is 0 Å². The molecule has 2 rings (SSSR count). The number of Topliss-reactive ketones (excluding diaryl/α,β-unsaturated/α-hetero) is 1. The van der Waals surface area contributed by atoms with Gasteiger partial charge in [-0.2, -0.15) is 0 Å². The molecule has 0 saturated heterocycles. The summed E-state index contributed by atoms with van der Waals surface area (Å²) in [6, 6.07) is 3.13. The van der Waals surface area contributed by atoms with Crippen LogP contribution < -0.4 is 14.4 Å². The number of hydrogen-bond acceptors (Lipinski definition) is 6. The number of nitrogens with zero attached hydrogens (tertiary/aromatic N) is 1. The van der Waals surface area contributed by atoms with Crippen molar-refractivity contribution in [3.8, 4) is 11.5 Å². The molecule has 0 N–H and O–H groups in total. The number of ketones is 1. The van der Waals surface area contributed by atoms with Gasteiger partial charge in [0.05, 0.1) is 25.8 Å². The maximum absolute atomic E-state index is 12.4. The lowest BCUT2D eigenvalue weighted by molar-refractivity contribution is -0.144. The summed E-state index contributed by atoms with van der Waals surface area (Å²) in [5.74, 6) is 0.883. The highest BCUT2D eigenvalue weighted by atomic mass is 32.1. The summed E-state index contributed by atoms with van der Waals surface area (Å²) >= 11 is 5.52. The molecule has 0 aliphatic carbocycles. The molecule has 1 aliphatic rings. The molecule has 1 aliphatic heterocycles. The molecule has 6 nitrogen and oxygen atoms in total. The molecule has 0 fully saturated rings. The standard InChI is InChI=1S/C18H23NO5S/c1-5-24-18(21)14-8-12-9-15(22-3)16(23-4)10-13(12)19(14)17(25)7-6-11(2)20/h9-10,14H,5-8H2,1-4H3. The molecule has 25 heavy (non-hydrogen) atoms. The van der Waals surface area contributed by atoms with Gasteiger partial charge in [0.15, 0.2) is 11.5 Å². The minimum Gasteiger partial charge on any atom is -0.493 e. The van der Waals surface area contributed by atoms with E-state index in [1.807, 2.05) is 12.1 Å². The number of carbonyl (C=O) groups is 2. The van der Waals surface area contributed by atoms with Crippen molar-refractivity contribution >= 4 is 34.6 Å². The van der Waals surface area contributed by atoms with Crippen LogP contribution in [-0.2, 0) is 20.7 Å². The molecule has 1 heterocycles. The van der Waals surface area contributed by atoms with Crippen LogP contribution in [0.25, 0.3) is 0 Å². The van der Waals surface area contributed by atoms with Gasteiger partial charge in [-0.05, 0) is 25.5 Å². The monoisotopic (exact) mass is 365 g/mol. The molecule has 7 heteroatoms. The number of ether oxygens (including phenoxy) is 3. The number of methoxy groups -OCH3 is 2. The Labute approximate surface area is 153 Å². The van der Waals surface area contributed by atoms with Gasteiger partial charge in [-0.25, -0.2) is 4.79 Å². The lowest BCUT2D eigenvalue weighted by Crippen LogP contribution is -2.43. The van der Waals surface area contributed by atoms with Crippen molar-refractivity contribution < 1.29 is 23.8 Å². The quantitative estimate of drug-likeness (QED) is 0.544. The van der Waals surface area contributed by atoms with Gasteiger partial charge in [0.25, 0.3) is 0 Å². The van der Waals surface area contributed by atoms with E-state index in [0.29, 0.717) is 42.4 Å². The number of esters is 1. The first-order valence-electron chi connectivity index (χ1n) is 8.15. The number of rotatable bonds is 7. The van der Waals surface area contributed by atoms with Gasteiger partial charge in [0.2, 0.25) is 0 Å². The Balaban J connectivity index is 2.41. The molecular formula is C18H23NO5S. The molecule has 1 unspecified atom stereocenters. The lowest BCUT2D eigenvalue weighted by Gasteiger charge is -2.26. The Morgan fingerprint density at radius 1 is 1.20 bits per heavy atom. The zero-order chi connectivity index (χ0) is 18.6. The highest BCUT2D eigenvalue weighted by molar-refractivity contribution is 7.80. The Hall–Kier alpha value is -2.15. The number of carbonyl (C=O) groups excluding carboxylic acids is 2. The van der Waals surface area contributed by atoms with E-state index in [1.54, 1.807) is 26.0 Å². The van der Waals surface area contributed by atoms with Crippen LogP contribution >= 0.6 is 12.2 Å². The van der Waals surface area contributed by atoms with E-state index >= 15 is 0 Å². The topological polar surface area (TPSA) is 65.1 Å². The number of anilines is 1. The van der Waals surface area contributed by atoms with Crippen molar-refractivity contribution in [1.82, 2.24) is 0 Å². The van der Waals surface area contributed by atoms with Crippen molar-refractivity contribution in [1.29, 1.82) is 0 Å². The van der Waals surface area contributed by atoms with E-state index in [9.17, 15) is 9.59 Å². The Morgan fingerprint density at radius 2 is 1.84 bits per heavy atom. The van der Waals surface area contributed by atoms with Gasteiger partial charge in [-0.15, -0.1) is 0 Å². The molecule has 0 saturated carbocycles. The second kappa shape index (κ2) is 8.29. The number of benzene rings is 1. The van der Waals surface area contributed by atoms with Gasteiger partial charge in [0, 0.05) is 31.0 Å². The third-order valence-electron chi connectivity index (χ3n) is 4.09. The third-order valence-corrected chi connectivity index (χ3v) is 4.49. The first-order valence-corrected chi connectivity index (χ1v) is 8.56. The van der Waals surface area contributed by atoms with Crippen molar-refractivity contribution in [3.63, 3.8) is 0 Å². The van der Waals surface area contributed by atoms with E-state index in [2.05, 4.69) is 0 Å². The normalized spacial score (nSPS) is 15.5. The summed E-state index contributed by atoms with van der Waals surface area (Å²) in [6.07, 6.45) is 1.22. The van der Waals surface area contributed by atoms with E-state index in [-0.39, 0.29) is 11.8 Å². The highest BCUT2D eigenvalue weighted by Crippen LogP contribution is 2.41. The van der Waals surface area contributed by atoms with E-state index in [4.69, 9.17) is 26.4 Å². The fourth-order valence-electron chi connectivity index (χ4n) is 2.90. The summed E-state index contributed by atoms with van der Waals surface area (Å²) in [6.45, 7) is 3.59. The summed E-state index contributed by atoms with van der Waals surface area (Å²) in [7, 11) is 3.12. The predicted molar refractivity (Wildman–Crippen MR) is 98.7 cm³/mol. The first-order chi connectivity index (χ1) is 11.9. The lowest BCUT2D eigenvalue weighted by atomic mass is 10.1. The number of hydrogen-bond donors (Lipinski definition) is 0. The summed E-state index contributed by atoms with van der Waals surface area (Å²) in [5.41, 5.74) is 1.73. The van der Waals surface area contributed by atoms with Crippen LogP contribution in [0.15, 0.2) is 12.1 Å². The fraction of sp³-hybridized carbons (Fsp3) is 0.500. The average Bonchev–Trinajstić information content (AvgIpc) is 2.96. The minimum absolute atomic E-state index is 0.0572. The molecule has 1 atom stereocenters. The maximum atomic E-state index is 12.4. The second-order valence-corrected chi connectivity index (χ2v) is 6.24. The Bertz CT molecular complexity index is 688. The molecule has 0 spiro atoms. The van der Waals surface area contributed by atoms with E-state index in [0.717, 1.165) is 11.3 Å². The van der Waals surface area contributed by atoms with Crippen LogP contribution in [0.5, 0.6) is 11.5 Å². The van der Waals surface area contributed by atoms with Gasteiger partial charge in [-0.1, -0.05) is 12.2 Å². The van der Waals surface area contributed by atoms with E-state index < -0.39 is 6.04 Å². The second-order valence-electron chi connectivity index (χ2n) is 5.77. The Morgan fingerprint density at radius 3 is 2.40 bits per heavy atom. The zero-order valence-corrected chi connectivity index (χ0v) is 15.8. The smallest absolute Gasteiger partial charge is 0.329 e. The Kier molecular flexibility index (Phi) is 6.36. The summed E-state index contributed by atoms with van der Waals surface area (Å²) in [4.78, 5) is 26.1. The summed E-state index contributed by atoms with van der Waals surface area (Å²) < 4.78 is 15.9. The number of fused-ring (bicyclic) bond motifs is 1. The highest BCUT2D eigenvalue weighted by Gasteiger charge is 2.38. The van der Waals surface area contributed by atoms with Gasteiger partial charge in [-0.3, -0.25) is 0 Å². The maximum Gasteiger partial charge on any atom is 0.329 e. The molecule has 1 aromatic carbocycles. The van der Waals surface area contributed by atoms with Crippen LogP contribution in [0.2, 0.25) is 0 Å². The summed E-state index contributed by atoms with van der Waals surface area (Å²) in [5, 5.41) is 0. The van der Waals surface area contributed by atoms with Crippen LogP contribution in [0.1, 0.15) is 32.3 Å². The molecule has 0 aromatic heterocycles. The van der Waals surface area contributed by atoms with Crippen molar-refractivity contribution in [2.45, 2.75) is 39.2 Å². The van der Waals surface area contributed by atoms with Crippen molar-refractivity contribution in [2.24, 2.45) is 0 Å². The van der Waals surface area contributed by atoms with Gasteiger partial charge >= 0.3 is 5.97 Å². The minimum atomic E-state index is -0.536. The predicted octanol–water partition coefficient (Wildman–Crippen LogP) is 2.69. The SMILES string of the molecule is CCOC(=O)C1Cc2cc(OC)c(OC)cc2N1C(=S)CCC(C)=O.